The standard InChI is InChI=1S/C30H42N2O3.C3H8.2C2H6/c1-9-11-24(22(6)34)25(21(5)18-33)15-20(4)30-23(14-19(3)10-2)16-26-27(17-32(7)8)29(35)13-12-28(26)31-30;1-3-2;2*1-2/h12-13,15-16,18-19,21,35H,9-11,14,17H2,1-8H3;3H2,1-2H3;2*1-2H3/b20-15+,25-24+;;;. The molecular formula is C37H62N2O3. The summed E-state index contributed by atoms with van der Waals surface area (Å²) in [4.78, 5) is 31.3. The van der Waals surface area contributed by atoms with E-state index < -0.39 is 0 Å². The predicted octanol–water partition coefficient (Wildman–Crippen LogP) is 9.98. The van der Waals surface area contributed by atoms with Gasteiger partial charge in [0.25, 0.3) is 0 Å². The molecule has 2 rings (SSSR count). The molecule has 0 saturated carbocycles. The summed E-state index contributed by atoms with van der Waals surface area (Å²) in [6, 6.07) is 5.74. The Hall–Kier alpha value is -2.79. The number of hydrogen-bond acceptors (Lipinski definition) is 5. The molecule has 0 spiro atoms. The molecule has 1 aromatic heterocycles. The summed E-state index contributed by atoms with van der Waals surface area (Å²) < 4.78 is 0. The van der Waals surface area contributed by atoms with E-state index >= 15 is 0 Å². The fourth-order valence-corrected chi connectivity index (χ4v) is 4.48. The lowest BCUT2D eigenvalue weighted by molar-refractivity contribution is -0.113. The van der Waals surface area contributed by atoms with Crippen LogP contribution in [0, 0.1) is 11.8 Å². The van der Waals surface area contributed by atoms with Gasteiger partial charge in [0, 0.05) is 23.4 Å². The van der Waals surface area contributed by atoms with Gasteiger partial charge in [-0.2, -0.15) is 0 Å². The largest absolute Gasteiger partial charge is 0.508 e. The molecule has 5 heteroatoms. The molecule has 1 aromatic carbocycles. The average molecular weight is 583 g/mol. The molecule has 0 radical (unpaired) electrons. The van der Waals surface area contributed by atoms with Gasteiger partial charge in [-0.25, -0.2) is 4.98 Å². The normalized spacial score (nSPS) is 13.0. The van der Waals surface area contributed by atoms with Crippen LogP contribution in [0.1, 0.15) is 126 Å². The Balaban J connectivity index is 0. The van der Waals surface area contributed by atoms with Gasteiger partial charge >= 0.3 is 0 Å². The van der Waals surface area contributed by atoms with Gasteiger partial charge in [-0.3, -0.25) is 4.79 Å². The maximum absolute atomic E-state index is 12.5. The van der Waals surface area contributed by atoms with Crippen molar-refractivity contribution < 1.29 is 14.7 Å². The second kappa shape index (κ2) is 22.8. The fraction of sp³-hybridized carbons (Fsp3) is 0.595. The highest BCUT2D eigenvalue weighted by Gasteiger charge is 2.19. The monoisotopic (exact) mass is 582 g/mol. The lowest BCUT2D eigenvalue weighted by Crippen LogP contribution is -2.12. The molecule has 2 unspecified atom stereocenters. The van der Waals surface area contributed by atoms with E-state index in [1.807, 2.05) is 79.6 Å². The van der Waals surface area contributed by atoms with Gasteiger partial charge in [0.1, 0.15) is 12.0 Å². The number of aromatic nitrogens is 1. The van der Waals surface area contributed by atoms with Crippen molar-refractivity contribution in [1.82, 2.24) is 9.88 Å². The molecule has 0 aliphatic carbocycles. The Morgan fingerprint density at radius 2 is 1.60 bits per heavy atom. The molecule has 0 fully saturated rings. The van der Waals surface area contributed by atoms with Crippen molar-refractivity contribution in [3.63, 3.8) is 0 Å². The van der Waals surface area contributed by atoms with Crippen LogP contribution in [0.2, 0.25) is 0 Å². The number of aldehydes is 1. The van der Waals surface area contributed by atoms with Crippen molar-refractivity contribution in [3.8, 4) is 5.75 Å². The van der Waals surface area contributed by atoms with Gasteiger partial charge in [-0.05, 0) is 87.2 Å². The van der Waals surface area contributed by atoms with E-state index in [-0.39, 0.29) is 17.5 Å². The summed E-state index contributed by atoms with van der Waals surface area (Å²) in [7, 11) is 3.97. The molecule has 0 aliphatic heterocycles. The minimum absolute atomic E-state index is 0.00898. The Kier molecular flexibility index (Phi) is 22.4. The van der Waals surface area contributed by atoms with Crippen LogP contribution in [0.3, 0.4) is 0 Å². The van der Waals surface area contributed by atoms with E-state index in [2.05, 4.69) is 33.8 Å². The van der Waals surface area contributed by atoms with Gasteiger partial charge in [-0.15, -0.1) is 0 Å². The summed E-state index contributed by atoms with van der Waals surface area (Å²) in [5, 5.41) is 11.5. The zero-order chi connectivity index (χ0) is 33.0. The molecule has 0 bridgehead atoms. The average Bonchev–Trinajstić information content (AvgIpc) is 2.97. The number of aromatic hydroxyl groups is 1. The van der Waals surface area contributed by atoms with E-state index in [0.29, 0.717) is 24.5 Å². The summed E-state index contributed by atoms with van der Waals surface area (Å²) in [5.74, 6) is 0.373. The molecule has 0 saturated heterocycles. The van der Waals surface area contributed by atoms with Crippen LogP contribution >= 0.6 is 0 Å². The van der Waals surface area contributed by atoms with E-state index in [1.165, 1.54) is 6.42 Å². The highest BCUT2D eigenvalue weighted by atomic mass is 16.3. The van der Waals surface area contributed by atoms with Crippen molar-refractivity contribution in [3.05, 3.63) is 52.2 Å². The Bertz CT molecular complexity index is 1150. The Morgan fingerprint density at radius 1 is 1.02 bits per heavy atom. The van der Waals surface area contributed by atoms with Crippen LogP contribution in [-0.4, -0.2) is 41.2 Å². The summed E-state index contributed by atoms with van der Waals surface area (Å²) >= 11 is 0. The maximum Gasteiger partial charge on any atom is 0.156 e. The third-order valence-corrected chi connectivity index (χ3v) is 6.62. The number of hydrogen-bond donors (Lipinski definition) is 1. The first-order valence-electron chi connectivity index (χ1n) is 16.1. The van der Waals surface area contributed by atoms with Gasteiger partial charge in [0.15, 0.2) is 5.78 Å². The smallest absolute Gasteiger partial charge is 0.156 e. The number of Topliss-reactive ketones (excluding diaryl/α,β-unsaturated/α-hetero) is 1. The first-order chi connectivity index (χ1) is 19.9. The number of carbonyl (C=O) groups excluding carboxylic acids is 2. The van der Waals surface area contributed by atoms with Crippen LogP contribution in [0.25, 0.3) is 16.5 Å². The summed E-state index contributed by atoms with van der Waals surface area (Å²) in [6.45, 7) is 24.7. The van der Waals surface area contributed by atoms with E-state index in [4.69, 9.17) is 4.98 Å². The van der Waals surface area contributed by atoms with E-state index in [1.54, 1.807) is 13.0 Å². The molecule has 1 heterocycles. The van der Waals surface area contributed by atoms with Crippen LogP contribution in [0.15, 0.2) is 35.4 Å². The topological polar surface area (TPSA) is 70.5 Å². The van der Waals surface area contributed by atoms with Gasteiger partial charge < -0.3 is 14.8 Å². The van der Waals surface area contributed by atoms with Crippen LogP contribution in [0.4, 0.5) is 0 Å². The molecule has 2 aromatic rings. The molecule has 42 heavy (non-hydrogen) atoms. The second-order valence-electron chi connectivity index (χ2n) is 10.8. The number of fused-ring (bicyclic) bond motifs is 1. The SMILES string of the molecule is CC.CC.CCC.CCC/C(C(C)=O)=C(/C=C(\C)c1nc2ccc(O)c(CN(C)C)c2cc1CC(C)CC)C(C)C=O. The quantitative estimate of drug-likeness (QED) is 0.153. The number of phenolic OH excluding ortho intramolecular Hbond substituents is 1. The van der Waals surface area contributed by atoms with Gasteiger partial charge in [-0.1, -0.05) is 94.6 Å². The summed E-state index contributed by atoms with van der Waals surface area (Å²) in [5.41, 5.74) is 6.13. The van der Waals surface area contributed by atoms with Crippen molar-refractivity contribution in [1.29, 1.82) is 0 Å². The van der Waals surface area contributed by atoms with Crippen LogP contribution < -0.4 is 0 Å². The lowest BCUT2D eigenvalue weighted by atomic mass is 9.88. The maximum atomic E-state index is 12.5. The molecule has 0 aliphatic rings. The number of rotatable bonds is 12. The number of phenols is 1. The lowest BCUT2D eigenvalue weighted by Gasteiger charge is -2.19. The fourth-order valence-electron chi connectivity index (χ4n) is 4.48. The number of carbonyl (C=O) groups is 2. The highest BCUT2D eigenvalue weighted by molar-refractivity contribution is 5.96. The Morgan fingerprint density at radius 3 is 2.05 bits per heavy atom. The molecule has 1 N–H and O–H groups in total. The van der Waals surface area contributed by atoms with Crippen molar-refractivity contribution >= 4 is 28.5 Å². The number of pyridine rings is 1. The van der Waals surface area contributed by atoms with Gasteiger partial charge in [0.2, 0.25) is 0 Å². The number of nitrogens with zero attached hydrogens (tertiary/aromatic N) is 2. The Labute approximate surface area is 258 Å². The van der Waals surface area contributed by atoms with Crippen molar-refractivity contribution in [2.45, 2.75) is 122 Å². The first-order valence-corrected chi connectivity index (χ1v) is 16.1. The van der Waals surface area contributed by atoms with Crippen LogP contribution in [0.5, 0.6) is 5.75 Å². The minimum atomic E-state index is -0.377. The summed E-state index contributed by atoms with van der Waals surface area (Å²) in [6.07, 6.45) is 7.52. The van der Waals surface area contributed by atoms with Crippen molar-refractivity contribution in [2.75, 3.05) is 14.1 Å². The van der Waals surface area contributed by atoms with Crippen molar-refractivity contribution in [2.24, 2.45) is 11.8 Å². The molecule has 238 valence electrons. The number of ketones is 1. The minimum Gasteiger partial charge on any atom is -0.508 e. The molecule has 2 atom stereocenters. The van der Waals surface area contributed by atoms with Crippen LogP contribution in [-0.2, 0) is 22.6 Å². The highest BCUT2D eigenvalue weighted by Crippen LogP contribution is 2.33. The molecule has 5 nitrogen and oxygen atoms in total. The molecule has 0 amide bonds. The first kappa shape index (κ1) is 41.3. The number of benzene rings is 1. The third-order valence-electron chi connectivity index (χ3n) is 6.62. The predicted molar refractivity (Wildman–Crippen MR) is 184 cm³/mol. The zero-order valence-electron chi connectivity index (χ0n) is 29.4. The number of allylic oxidation sites excluding steroid dienone is 4. The van der Waals surface area contributed by atoms with E-state index in [9.17, 15) is 14.7 Å². The van der Waals surface area contributed by atoms with E-state index in [0.717, 1.165) is 64.4 Å². The van der Waals surface area contributed by atoms with Gasteiger partial charge in [0.05, 0.1) is 11.2 Å². The molecular weight excluding hydrogens is 520 g/mol. The third kappa shape index (κ3) is 13.0. The second-order valence-corrected chi connectivity index (χ2v) is 10.8. The zero-order valence-corrected chi connectivity index (χ0v) is 29.4.